The molecule has 3 atom stereocenters. The number of hydrogen-bond donors (Lipinski definition) is 2. The Morgan fingerprint density at radius 2 is 1.83 bits per heavy atom. The highest BCUT2D eigenvalue weighted by molar-refractivity contribution is 6.05. The molecule has 1 aliphatic carbocycles. The molecule has 2 aromatic carbocycles. The van der Waals surface area contributed by atoms with Gasteiger partial charge < -0.3 is 20.7 Å². The Bertz CT molecular complexity index is 1730. The molecule has 0 bridgehead atoms. The zero-order chi connectivity index (χ0) is 29.8. The van der Waals surface area contributed by atoms with Crippen LogP contribution in [0, 0.1) is 11.7 Å². The van der Waals surface area contributed by atoms with E-state index >= 15 is 0 Å². The maximum absolute atomic E-state index is 14.7. The molecule has 6 rings (SSSR count). The highest BCUT2D eigenvalue weighted by Crippen LogP contribution is 2.48. The van der Waals surface area contributed by atoms with Crippen LogP contribution < -0.4 is 15.8 Å². The van der Waals surface area contributed by atoms with E-state index in [0.29, 0.717) is 34.9 Å². The van der Waals surface area contributed by atoms with Gasteiger partial charge in [0.15, 0.2) is 17.3 Å². The Kier molecular flexibility index (Phi) is 6.51. The van der Waals surface area contributed by atoms with E-state index in [4.69, 9.17) is 5.73 Å². The average molecular weight is 584 g/mol. The number of nitrogens with two attached hydrogens (primary N) is 1. The Labute approximate surface area is 234 Å². The van der Waals surface area contributed by atoms with Crippen LogP contribution in [0.1, 0.15) is 23.3 Å². The lowest BCUT2D eigenvalue weighted by molar-refractivity contribution is -0.275. The SMILES string of the molecule is NC(=O)c1nn(CC(=O)N2C3C[C@@H]3C[C@H]2C(=O)Nc2cccc(OC(F)(F)F)c2F)c2ccc(-c3cncnc3)cc12. The maximum atomic E-state index is 14.7. The monoisotopic (exact) mass is 583 g/mol. The number of primary amides is 1. The van der Waals surface area contributed by atoms with Crippen molar-refractivity contribution < 1.29 is 36.7 Å². The average Bonchev–Trinajstić information content (AvgIpc) is 3.45. The lowest BCUT2D eigenvalue weighted by atomic mass is 10.1. The number of likely N-dealkylation sites (tertiary alicyclic amines) is 1. The third kappa shape index (κ3) is 5.08. The first-order valence-corrected chi connectivity index (χ1v) is 12.7. The molecule has 1 aliphatic heterocycles. The second kappa shape index (κ2) is 10.1. The van der Waals surface area contributed by atoms with Gasteiger partial charge in [0.05, 0.1) is 11.2 Å². The van der Waals surface area contributed by atoms with Crippen LogP contribution in [0.3, 0.4) is 0 Å². The van der Waals surface area contributed by atoms with Gasteiger partial charge in [0.2, 0.25) is 11.8 Å². The van der Waals surface area contributed by atoms with Gasteiger partial charge in [-0.25, -0.2) is 14.4 Å². The Hall–Kier alpha value is -5.08. The third-order valence-corrected chi connectivity index (χ3v) is 7.30. The zero-order valence-electron chi connectivity index (χ0n) is 21.5. The van der Waals surface area contributed by atoms with E-state index in [-0.39, 0.29) is 24.2 Å². The predicted molar refractivity (Wildman–Crippen MR) is 138 cm³/mol. The number of nitrogens with one attached hydrogen (secondary N) is 1. The van der Waals surface area contributed by atoms with E-state index in [2.05, 4.69) is 25.1 Å². The summed E-state index contributed by atoms with van der Waals surface area (Å²) in [4.78, 5) is 48.3. The van der Waals surface area contributed by atoms with Crippen molar-refractivity contribution in [1.29, 1.82) is 0 Å². The first-order valence-electron chi connectivity index (χ1n) is 12.7. The molecule has 1 unspecified atom stereocenters. The van der Waals surface area contributed by atoms with Gasteiger partial charge in [0.1, 0.15) is 18.9 Å². The van der Waals surface area contributed by atoms with E-state index in [0.717, 1.165) is 18.2 Å². The summed E-state index contributed by atoms with van der Waals surface area (Å²) in [5.41, 5.74) is 6.85. The maximum Gasteiger partial charge on any atom is 0.573 e. The van der Waals surface area contributed by atoms with Gasteiger partial charge in [0.25, 0.3) is 5.91 Å². The number of anilines is 1. The molecule has 1 saturated carbocycles. The number of aromatic nitrogens is 4. The number of alkyl halides is 3. The molecule has 216 valence electrons. The second-order valence-electron chi connectivity index (χ2n) is 10.00. The van der Waals surface area contributed by atoms with Gasteiger partial charge in [-0.1, -0.05) is 12.1 Å². The van der Waals surface area contributed by atoms with Gasteiger partial charge in [-0.05, 0) is 48.6 Å². The fraction of sp³-hybridized carbons (Fsp3) is 0.259. The van der Waals surface area contributed by atoms with Gasteiger partial charge in [0, 0.05) is 29.4 Å². The van der Waals surface area contributed by atoms with Crippen molar-refractivity contribution in [2.45, 2.75) is 37.8 Å². The van der Waals surface area contributed by atoms with E-state index < -0.39 is 47.4 Å². The Morgan fingerprint density at radius 3 is 2.55 bits per heavy atom. The van der Waals surface area contributed by atoms with Crippen LogP contribution in [0.5, 0.6) is 5.75 Å². The fourth-order valence-corrected chi connectivity index (χ4v) is 5.40. The van der Waals surface area contributed by atoms with Crippen LogP contribution in [0.2, 0.25) is 0 Å². The third-order valence-electron chi connectivity index (χ3n) is 7.30. The van der Waals surface area contributed by atoms with Gasteiger partial charge in [-0.15, -0.1) is 13.2 Å². The molecule has 15 heteroatoms. The van der Waals surface area contributed by atoms with Gasteiger partial charge in [-0.3, -0.25) is 19.1 Å². The topological polar surface area (TPSA) is 145 Å². The summed E-state index contributed by atoms with van der Waals surface area (Å²) >= 11 is 0. The van der Waals surface area contributed by atoms with Crippen LogP contribution in [0.4, 0.5) is 23.2 Å². The lowest BCUT2D eigenvalue weighted by Crippen LogP contribution is -2.46. The standard InChI is InChI=1S/C27H21F4N7O4/c28-23-17(2-1-3-21(23)42-27(29,30)31)35-26(41)20-8-14-7-19(14)38(20)22(39)11-37-18-5-4-13(15-9-33-12-34-10-15)6-16(18)24(36-37)25(32)40/h1-6,9-10,12,14,19-20H,7-8,11H2,(H2,32,40)(H,35,41)/t14-,19?,20+/m1/s1. The number of amides is 3. The number of halogens is 4. The molecule has 3 heterocycles. The van der Waals surface area contributed by atoms with Crippen LogP contribution in [-0.2, 0) is 16.1 Å². The van der Waals surface area contributed by atoms with Crippen molar-refractivity contribution in [3.8, 4) is 16.9 Å². The molecule has 1 saturated heterocycles. The van der Waals surface area contributed by atoms with Gasteiger partial charge in [-0.2, -0.15) is 5.10 Å². The minimum absolute atomic E-state index is 0.0482. The zero-order valence-corrected chi connectivity index (χ0v) is 21.5. The number of piperidine rings is 1. The van der Waals surface area contributed by atoms with Crippen LogP contribution in [0.25, 0.3) is 22.0 Å². The van der Waals surface area contributed by atoms with Crippen molar-refractivity contribution in [2.75, 3.05) is 5.32 Å². The van der Waals surface area contributed by atoms with Crippen molar-refractivity contribution in [2.24, 2.45) is 11.7 Å². The van der Waals surface area contributed by atoms with Crippen LogP contribution in [-0.4, -0.2) is 60.8 Å². The normalized spacial score (nSPS) is 19.4. The highest BCUT2D eigenvalue weighted by Gasteiger charge is 2.56. The summed E-state index contributed by atoms with van der Waals surface area (Å²) in [5.74, 6) is -4.46. The number of fused-ring (bicyclic) bond motifs is 2. The molecule has 2 aliphatic rings. The molecule has 11 nitrogen and oxygen atoms in total. The van der Waals surface area contributed by atoms with Crippen molar-refractivity contribution in [3.63, 3.8) is 0 Å². The van der Waals surface area contributed by atoms with E-state index in [1.54, 1.807) is 30.6 Å². The highest BCUT2D eigenvalue weighted by atomic mass is 19.4. The molecule has 2 aromatic heterocycles. The molecule has 2 fully saturated rings. The summed E-state index contributed by atoms with van der Waals surface area (Å²) in [7, 11) is 0. The fourth-order valence-electron chi connectivity index (χ4n) is 5.40. The minimum Gasteiger partial charge on any atom is -0.403 e. The Balaban J connectivity index is 1.24. The first-order chi connectivity index (χ1) is 20.0. The number of carbonyl (C=O) groups excluding carboxylic acids is 3. The van der Waals surface area contributed by atoms with Crippen LogP contribution in [0.15, 0.2) is 55.1 Å². The largest absolute Gasteiger partial charge is 0.573 e. The lowest BCUT2D eigenvalue weighted by Gasteiger charge is -2.27. The smallest absolute Gasteiger partial charge is 0.403 e. The molecular weight excluding hydrogens is 562 g/mol. The molecule has 3 N–H and O–H groups in total. The second-order valence-corrected chi connectivity index (χ2v) is 10.00. The number of hydrogen-bond acceptors (Lipinski definition) is 7. The number of rotatable bonds is 7. The summed E-state index contributed by atoms with van der Waals surface area (Å²) < 4.78 is 57.5. The summed E-state index contributed by atoms with van der Waals surface area (Å²) in [6.07, 6.45) is 0.435. The number of carbonyl (C=O) groups is 3. The number of benzene rings is 2. The molecule has 4 aromatic rings. The molecule has 0 spiro atoms. The summed E-state index contributed by atoms with van der Waals surface area (Å²) in [6, 6.07) is 6.88. The molecule has 0 radical (unpaired) electrons. The van der Waals surface area contributed by atoms with E-state index in [1.807, 2.05) is 0 Å². The molecule has 42 heavy (non-hydrogen) atoms. The van der Waals surface area contributed by atoms with E-state index in [9.17, 15) is 31.9 Å². The predicted octanol–water partition coefficient (Wildman–Crippen LogP) is 3.26. The molecular formula is C27H21F4N7O4. The Morgan fingerprint density at radius 1 is 1.07 bits per heavy atom. The summed E-state index contributed by atoms with van der Waals surface area (Å²) in [6.45, 7) is -0.326. The number of nitrogens with zero attached hydrogens (tertiary/aromatic N) is 5. The van der Waals surface area contributed by atoms with Crippen LogP contribution >= 0.6 is 0 Å². The van der Waals surface area contributed by atoms with Gasteiger partial charge >= 0.3 is 6.36 Å². The number of ether oxygens (including phenoxy) is 1. The van der Waals surface area contributed by atoms with Crippen molar-refractivity contribution in [3.05, 3.63) is 66.6 Å². The minimum atomic E-state index is -5.12. The molecule has 3 amide bonds. The van der Waals surface area contributed by atoms with Crippen molar-refractivity contribution in [1.82, 2.24) is 24.6 Å². The summed E-state index contributed by atoms with van der Waals surface area (Å²) in [5, 5.41) is 6.97. The first kappa shape index (κ1) is 27.1. The van der Waals surface area contributed by atoms with E-state index in [1.165, 1.54) is 15.9 Å². The van der Waals surface area contributed by atoms with Crippen molar-refractivity contribution >= 4 is 34.3 Å². The quantitative estimate of drug-likeness (QED) is 0.318.